The highest BCUT2D eigenvalue weighted by Gasteiger charge is 2.25. The standard InChI is InChI=1S/C14H25N5O.ClH/c1-5-14(3,4)16-13(20)12-10(2)19(18-17-12)11-6-8-15-9-7-11;/h11,15H,5-9H2,1-4H3,(H,16,20);1H. The van der Waals surface area contributed by atoms with Gasteiger partial charge in [0.1, 0.15) is 0 Å². The first kappa shape index (κ1) is 17.9. The Labute approximate surface area is 132 Å². The fourth-order valence-electron chi connectivity index (χ4n) is 2.40. The number of carbonyl (C=O) groups excluding carboxylic acids is 1. The lowest BCUT2D eigenvalue weighted by Crippen LogP contribution is -2.43. The van der Waals surface area contributed by atoms with Crippen molar-refractivity contribution in [3.63, 3.8) is 0 Å². The van der Waals surface area contributed by atoms with Crippen LogP contribution >= 0.6 is 12.4 Å². The van der Waals surface area contributed by atoms with Crippen molar-refractivity contribution >= 4 is 18.3 Å². The monoisotopic (exact) mass is 315 g/mol. The molecule has 1 amide bonds. The molecular formula is C14H26ClN5O. The van der Waals surface area contributed by atoms with Gasteiger partial charge in [-0.15, -0.1) is 17.5 Å². The molecule has 1 aliphatic heterocycles. The van der Waals surface area contributed by atoms with Crippen LogP contribution in [0.1, 0.15) is 62.3 Å². The van der Waals surface area contributed by atoms with Crippen LogP contribution in [0.15, 0.2) is 0 Å². The van der Waals surface area contributed by atoms with Crippen molar-refractivity contribution in [3.8, 4) is 0 Å². The molecule has 0 aromatic carbocycles. The summed E-state index contributed by atoms with van der Waals surface area (Å²) in [5, 5.41) is 14.6. The summed E-state index contributed by atoms with van der Waals surface area (Å²) >= 11 is 0. The van der Waals surface area contributed by atoms with Crippen molar-refractivity contribution in [1.82, 2.24) is 25.6 Å². The van der Waals surface area contributed by atoms with Gasteiger partial charge < -0.3 is 10.6 Å². The third-order valence-corrected chi connectivity index (χ3v) is 4.13. The molecule has 1 aliphatic rings. The van der Waals surface area contributed by atoms with E-state index in [9.17, 15) is 4.79 Å². The van der Waals surface area contributed by atoms with Crippen molar-refractivity contribution < 1.29 is 4.79 Å². The molecule has 2 heterocycles. The first-order valence-electron chi connectivity index (χ1n) is 7.39. The minimum absolute atomic E-state index is 0. The lowest BCUT2D eigenvalue weighted by molar-refractivity contribution is 0.0905. The Morgan fingerprint density at radius 1 is 1.43 bits per heavy atom. The van der Waals surface area contributed by atoms with Crippen LogP contribution in [0.2, 0.25) is 0 Å². The zero-order valence-electron chi connectivity index (χ0n) is 13.3. The summed E-state index contributed by atoms with van der Waals surface area (Å²) in [6.07, 6.45) is 2.94. The molecule has 1 fully saturated rings. The van der Waals surface area contributed by atoms with E-state index in [0.717, 1.165) is 38.0 Å². The molecule has 2 rings (SSSR count). The maximum absolute atomic E-state index is 12.3. The Morgan fingerprint density at radius 2 is 2.05 bits per heavy atom. The number of aromatic nitrogens is 3. The number of hydrogen-bond donors (Lipinski definition) is 2. The number of amides is 1. The Kier molecular flexibility index (Phi) is 6.16. The predicted molar refractivity (Wildman–Crippen MR) is 85.0 cm³/mol. The van der Waals surface area contributed by atoms with E-state index in [2.05, 4.69) is 27.9 Å². The molecule has 120 valence electrons. The van der Waals surface area contributed by atoms with Gasteiger partial charge in [-0.25, -0.2) is 4.68 Å². The van der Waals surface area contributed by atoms with Gasteiger partial charge in [0.2, 0.25) is 0 Å². The highest BCUT2D eigenvalue weighted by molar-refractivity contribution is 5.93. The minimum atomic E-state index is -0.220. The molecule has 0 atom stereocenters. The third-order valence-electron chi connectivity index (χ3n) is 4.13. The number of nitrogens with zero attached hydrogens (tertiary/aromatic N) is 3. The van der Waals surface area contributed by atoms with Gasteiger partial charge in [-0.05, 0) is 53.1 Å². The van der Waals surface area contributed by atoms with Gasteiger partial charge in [0, 0.05) is 5.54 Å². The van der Waals surface area contributed by atoms with E-state index in [4.69, 9.17) is 0 Å². The molecule has 7 heteroatoms. The van der Waals surface area contributed by atoms with Gasteiger partial charge >= 0.3 is 0 Å². The second kappa shape index (κ2) is 7.22. The quantitative estimate of drug-likeness (QED) is 0.889. The van der Waals surface area contributed by atoms with Gasteiger partial charge in [0.15, 0.2) is 5.69 Å². The highest BCUT2D eigenvalue weighted by Crippen LogP contribution is 2.20. The molecule has 6 nitrogen and oxygen atoms in total. The Balaban J connectivity index is 0.00000220. The SMILES string of the molecule is CCC(C)(C)NC(=O)c1nnn(C2CCNCC2)c1C.Cl. The van der Waals surface area contributed by atoms with Crippen LogP contribution < -0.4 is 10.6 Å². The number of rotatable bonds is 4. The second-order valence-corrected chi connectivity index (χ2v) is 6.14. The van der Waals surface area contributed by atoms with Crippen molar-refractivity contribution in [1.29, 1.82) is 0 Å². The van der Waals surface area contributed by atoms with Crippen LogP contribution in [-0.4, -0.2) is 39.5 Å². The Bertz CT molecular complexity index is 480. The molecular weight excluding hydrogens is 290 g/mol. The number of nitrogens with one attached hydrogen (secondary N) is 2. The van der Waals surface area contributed by atoms with Gasteiger partial charge in [0.05, 0.1) is 11.7 Å². The Hall–Kier alpha value is -1.14. The van der Waals surface area contributed by atoms with E-state index >= 15 is 0 Å². The molecule has 2 N–H and O–H groups in total. The number of carbonyl (C=O) groups is 1. The summed E-state index contributed by atoms with van der Waals surface area (Å²) in [6, 6.07) is 0.351. The molecule has 0 aliphatic carbocycles. The van der Waals surface area contributed by atoms with E-state index in [-0.39, 0.29) is 23.9 Å². The highest BCUT2D eigenvalue weighted by atomic mass is 35.5. The van der Waals surface area contributed by atoms with E-state index < -0.39 is 0 Å². The zero-order valence-corrected chi connectivity index (χ0v) is 14.1. The van der Waals surface area contributed by atoms with Gasteiger partial charge in [-0.1, -0.05) is 12.1 Å². The van der Waals surface area contributed by atoms with E-state index in [1.807, 2.05) is 25.5 Å². The fourth-order valence-corrected chi connectivity index (χ4v) is 2.40. The molecule has 1 aromatic rings. The summed E-state index contributed by atoms with van der Waals surface area (Å²) in [6.45, 7) is 9.99. The van der Waals surface area contributed by atoms with Crippen molar-refractivity contribution in [3.05, 3.63) is 11.4 Å². The number of piperidine rings is 1. The van der Waals surface area contributed by atoms with Gasteiger partial charge in [-0.2, -0.15) is 0 Å². The smallest absolute Gasteiger partial charge is 0.274 e. The van der Waals surface area contributed by atoms with Crippen LogP contribution in [0.3, 0.4) is 0 Å². The maximum Gasteiger partial charge on any atom is 0.274 e. The van der Waals surface area contributed by atoms with Crippen molar-refractivity contribution in [2.45, 2.75) is 58.5 Å². The van der Waals surface area contributed by atoms with E-state index in [1.54, 1.807) is 0 Å². The molecule has 0 spiro atoms. The van der Waals surface area contributed by atoms with Crippen molar-refractivity contribution in [2.24, 2.45) is 0 Å². The summed E-state index contributed by atoms with van der Waals surface area (Å²) in [4.78, 5) is 12.3. The predicted octanol–water partition coefficient (Wildman–Crippen LogP) is 1.85. The van der Waals surface area contributed by atoms with Gasteiger partial charge in [-0.3, -0.25) is 4.79 Å². The average molecular weight is 316 g/mol. The summed E-state index contributed by atoms with van der Waals surface area (Å²) in [7, 11) is 0. The lowest BCUT2D eigenvalue weighted by atomic mass is 10.0. The topological polar surface area (TPSA) is 71.8 Å². The number of hydrogen-bond acceptors (Lipinski definition) is 4. The first-order chi connectivity index (χ1) is 9.44. The molecule has 0 bridgehead atoms. The van der Waals surface area contributed by atoms with E-state index in [1.165, 1.54) is 0 Å². The molecule has 1 saturated heterocycles. The molecule has 0 unspecified atom stereocenters. The summed E-state index contributed by atoms with van der Waals surface area (Å²) in [5.74, 6) is -0.130. The summed E-state index contributed by atoms with van der Waals surface area (Å²) < 4.78 is 1.91. The molecule has 1 aromatic heterocycles. The van der Waals surface area contributed by atoms with E-state index in [0.29, 0.717) is 11.7 Å². The normalized spacial score (nSPS) is 16.4. The van der Waals surface area contributed by atoms with Crippen LogP contribution in [0.5, 0.6) is 0 Å². The van der Waals surface area contributed by atoms with Crippen LogP contribution in [0.4, 0.5) is 0 Å². The summed E-state index contributed by atoms with van der Waals surface area (Å²) in [5.41, 5.74) is 1.09. The molecule has 0 radical (unpaired) electrons. The molecule has 21 heavy (non-hydrogen) atoms. The van der Waals surface area contributed by atoms with Gasteiger partial charge in [0.25, 0.3) is 5.91 Å². The minimum Gasteiger partial charge on any atom is -0.346 e. The van der Waals surface area contributed by atoms with Crippen LogP contribution in [0.25, 0.3) is 0 Å². The average Bonchev–Trinajstić information content (AvgIpc) is 2.81. The zero-order chi connectivity index (χ0) is 14.8. The van der Waals surface area contributed by atoms with Crippen LogP contribution in [-0.2, 0) is 0 Å². The third kappa shape index (κ3) is 4.17. The second-order valence-electron chi connectivity index (χ2n) is 6.14. The Morgan fingerprint density at radius 3 is 2.62 bits per heavy atom. The largest absolute Gasteiger partial charge is 0.346 e. The maximum atomic E-state index is 12.3. The number of halogens is 1. The molecule has 0 saturated carbocycles. The fraction of sp³-hybridized carbons (Fsp3) is 0.786. The van der Waals surface area contributed by atoms with Crippen molar-refractivity contribution in [2.75, 3.05) is 13.1 Å². The first-order valence-corrected chi connectivity index (χ1v) is 7.39. The lowest BCUT2D eigenvalue weighted by Gasteiger charge is -2.24. The van der Waals surface area contributed by atoms with Crippen LogP contribution in [0, 0.1) is 6.92 Å².